The number of halogens is 1. The van der Waals surface area contributed by atoms with Crippen molar-refractivity contribution in [3.63, 3.8) is 0 Å². The summed E-state index contributed by atoms with van der Waals surface area (Å²) in [6.45, 7) is 3.85. The highest BCUT2D eigenvalue weighted by atomic mass is 79.9. The third-order valence-corrected chi connectivity index (χ3v) is 4.35. The van der Waals surface area contributed by atoms with E-state index in [1.54, 1.807) is 12.1 Å². The quantitative estimate of drug-likeness (QED) is 0.786. The van der Waals surface area contributed by atoms with Crippen LogP contribution in [0.2, 0.25) is 0 Å². The lowest BCUT2D eigenvalue weighted by atomic mass is 10.0. The summed E-state index contributed by atoms with van der Waals surface area (Å²) in [7, 11) is 1.39. The molecule has 1 atom stereocenters. The first-order chi connectivity index (χ1) is 10.6. The van der Waals surface area contributed by atoms with Crippen molar-refractivity contribution in [2.24, 2.45) is 0 Å². The van der Waals surface area contributed by atoms with E-state index in [-0.39, 0.29) is 5.97 Å². The van der Waals surface area contributed by atoms with Crippen LogP contribution in [-0.4, -0.2) is 19.6 Å². The minimum atomic E-state index is -0.321. The van der Waals surface area contributed by atoms with Gasteiger partial charge < -0.3 is 10.1 Å². The molecule has 2 rings (SSSR count). The van der Waals surface area contributed by atoms with E-state index in [4.69, 9.17) is 4.74 Å². The average molecular weight is 362 g/mol. The molecule has 0 heterocycles. The first kappa shape index (κ1) is 16.7. The fraction of sp³-hybridized carbons (Fsp3) is 0.278. The average Bonchev–Trinajstić information content (AvgIpc) is 2.56. The molecule has 0 aliphatic carbocycles. The Kier molecular flexibility index (Phi) is 6.16. The molecule has 0 fully saturated rings. The van der Waals surface area contributed by atoms with Gasteiger partial charge in [-0.3, -0.25) is 0 Å². The lowest BCUT2D eigenvalue weighted by molar-refractivity contribution is 0.0600. The molecular weight excluding hydrogens is 342 g/mol. The number of benzene rings is 2. The normalized spacial score (nSPS) is 12.0. The smallest absolute Gasteiger partial charge is 0.337 e. The van der Waals surface area contributed by atoms with Crippen LogP contribution in [0.15, 0.2) is 53.0 Å². The molecule has 1 N–H and O–H groups in total. The van der Waals surface area contributed by atoms with Gasteiger partial charge in [0.25, 0.3) is 0 Å². The topological polar surface area (TPSA) is 38.3 Å². The standard InChI is InChI=1S/C18H20BrNO2/c1-13(14-6-4-3-5-7-14)11-20-12-16-9-8-15(10-17(16)19)18(21)22-2/h3-10,13,20H,11-12H2,1-2H3/t13-/m0/s1. The van der Waals surface area contributed by atoms with Crippen molar-refractivity contribution in [3.05, 3.63) is 69.7 Å². The first-order valence-electron chi connectivity index (χ1n) is 7.24. The summed E-state index contributed by atoms with van der Waals surface area (Å²) < 4.78 is 5.63. The van der Waals surface area contributed by atoms with Gasteiger partial charge >= 0.3 is 5.97 Å². The summed E-state index contributed by atoms with van der Waals surface area (Å²) in [5.74, 6) is 0.132. The second-order valence-corrected chi connectivity index (χ2v) is 6.09. The molecular formula is C18H20BrNO2. The molecule has 0 radical (unpaired) electrons. The molecule has 0 saturated carbocycles. The second kappa shape index (κ2) is 8.11. The van der Waals surface area contributed by atoms with Gasteiger partial charge in [-0.2, -0.15) is 0 Å². The van der Waals surface area contributed by atoms with Crippen LogP contribution in [0.4, 0.5) is 0 Å². The number of hydrogen-bond acceptors (Lipinski definition) is 3. The Morgan fingerprint density at radius 1 is 1.23 bits per heavy atom. The Hall–Kier alpha value is -1.65. The van der Waals surface area contributed by atoms with Crippen LogP contribution in [0.25, 0.3) is 0 Å². The van der Waals surface area contributed by atoms with Crippen molar-refractivity contribution in [1.29, 1.82) is 0 Å². The van der Waals surface area contributed by atoms with E-state index in [1.165, 1.54) is 12.7 Å². The monoisotopic (exact) mass is 361 g/mol. The van der Waals surface area contributed by atoms with Crippen molar-refractivity contribution in [2.75, 3.05) is 13.7 Å². The summed E-state index contributed by atoms with van der Waals surface area (Å²) in [6.07, 6.45) is 0. The Morgan fingerprint density at radius 3 is 2.59 bits per heavy atom. The first-order valence-corrected chi connectivity index (χ1v) is 8.03. The maximum Gasteiger partial charge on any atom is 0.337 e. The molecule has 116 valence electrons. The van der Waals surface area contributed by atoms with Gasteiger partial charge in [0.2, 0.25) is 0 Å². The van der Waals surface area contributed by atoms with E-state index < -0.39 is 0 Å². The molecule has 0 saturated heterocycles. The van der Waals surface area contributed by atoms with Crippen LogP contribution >= 0.6 is 15.9 Å². The van der Waals surface area contributed by atoms with E-state index in [9.17, 15) is 4.79 Å². The Bertz CT molecular complexity index is 628. The van der Waals surface area contributed by atoms with Crippen molar-refractivity contribution in [2.45, 2.75) is 19.4 Å². The Labute approximate surface area is 139 Å². The second-order valence-electron chi connectivity index (χ2n) is 5.24. The van der Waals surface area contributed by atoms with Crippen LogP contribution in [0.1, 0.15) is 34.3 Å². The molecule has 22 heavy (non-hydrogen) atoms. The van der Waals surface area contributed by atoms with Gasteiger partial charge in [0.15, 0.2) is 0 Å². The van der Waals surface area contributed by atoms with Crippen molar-refractivity contribution in [3.8, 4) is 0 Å². The number of carbonyl (C=O) groups is 1. The highest BCUT2D eigenvalue weighted by molar-refractivity contribution is 9.10. The lowest BCUT2D eigenvalue weighted by Gasteiger charge is -2.14. The summed E-state index contributed by atoms with van der Waals surface area (Å²) in [6, 6.07) is 16.0. The summed E-state index contributed by atoms with van der Waals surface area (Å²) in [5, 5.41) is 3.46. The van der Waals surface area contributed by atoms with Gasteiger partial charge in [-0.05, 0) is 29.2 Å². The van der Waals surface area contributed by atoms with Crippen LogP contribution < -0.4 is 5.32 Å². The number of esters is 1. The SMILES string of the molecule is COC(=O)c1ccc(CNC[C@H](C)c2ccccc2)c(Br)c1. The molecule has 0 unspecified atom stereocenters. The zero-order valence-electron chi connectivity index (χ0n) is 12.8. The molecule has 3 nitrogen and oxygen atoms in total. The van der Waals surface area contributed by atoms with E-state index in [1.807, 2.05) is 12.1 Å². The third kappa shape index (κ3) is 4.42. The number of nitrogens with one attached hydrogen (secondary N) is 1. The highest BCUT2D eigenvalue weighted by Crippen LogP contribution is 2.20. The van der Waals surface area contributed by atoms with Crippen LogP contribution in [0.5, 0.6) is 0 Å². The lowest BCUT2D eigenvalue weighted by Crippen LogP contribution is -2.20. The van der Waals surface area contributed by atoms with E-state index in [2.05, 4.69) is 52.4 Å². The van der Waals surface area contributed by atoms with Crippen molar-refractivity contribution in [1.82, 2.24) is 5.32 Å². The van der Waals surface area contributed by atoms with E-state index in [0.29, 0.717) is 11.5 Å². The summed E-state index contributed by atoms with van der Waals surface area (Å²) in [4.78, 5) is 11.5. The number of hydrogen-bond donors (Lipinski definition) is 1. The maximum atomic E-state index is 11.5. The fourth-order valence-corrected chi connectivity index (χ4v) is 2.78. The zero-order chi connectivity index (χ0) is 15.9. The van der Waals surface area contributed by atoms with Crippen LogP contribution in [0.3, 0.4) is 0 Å². The molecule has 0 aliphatic heterocycles. The number of ether oxygens (including phenoxy) is 1. The molecule has 4 heteroatoms. The van der Waals surface area contributed by atoms with Crippen molar-refractivity contribution >= 4 is 21.9 Å². The van der Waals surface area contributed by atoms with Crippen molar-refractivity contribution < 1.29 is 9.53 Å². The number of methoxy groups -OCH3 is 1. The molecule has 2 aromatic rings. The maximum absolute atomic E-state index is 11.5. The van der Waals surface area contributed by atoms with Gasteiger partial charge in [0.05, 0.1) is 12.7 Å². The highest BCUT2D eigenvalue weighted by Gasteiger charge is 2.09. The van der Waals surface area contributed by atoms with Gasteiger partial charge in [-0.1, -0.05) is 59.3 Å². The third-order valence-electron chi connectivity index (χ3n) is 3.61. The molecule has 2 aromatic carbocycles. The summed E-state index contributed by atoms with van der Waals surface area (Å²) in [5.41, 5.74) is 3.00. The van der Waals surface area contributed by atoms with Gasteiger partial charge in [0, 0.05) is 17.6 Å². The van der Waals surface area contributed by atoms with E-state index >= 15 is 0 Å². The van der Waals surface area contributed by atoms with Gasteiger partial charge in [-0.25, -0.2) is 4.79 Å². The molecule has 0 amide bonds. The predicted octanol–water partition coefficient (Wildman–Crippen LogP) is 4.13. The Morgan fingerprint density at radius 2 is 1.95 bits per heavy atom. The number of carbonyl (C=O) groups excluding carboxylic acids is 1. The molecule has 0 aliphatic rings. The summed E-state index contributed by atoms with van der Waals surface area (Å²) >= 11 is 3.51. The minimum Gasteiger partial charge on any atom is -0.465 e. The Balaban J connectivity index is 1.91. The van der Waals surface area contributed by atoms with Crippen LogP contribution in [0, 0.1) is 0 Å². The van der Waals surface area contributed by atoms with Gasteiger partial charge in [-0.15, -0.1) is 0 Å². The largest absolute Gasteiger partial charge is 0.465 e. The molecule has 0 spiro atoms. The minimum absolute atomic E-state index is 0.321. The molecule has 0 bridgehead atoms. The zero-order valence-corrected chi connectivity index (χ0v) is 14.4. The predicted molar refractivity (Wildman–Crippen MR) is 92.0 cm³/mol. The number of rotatable bonds is 6. The van der Waals surface area contributed by atoms with Gasteiger partial charge in [0.1, 0.15) is 0 Å². The van der Waals surface area contributed by atoms with E-state index in [0.717, 1.165) is 23.1 Å². The van der Waals surface area contributed by atoms with Crippen LogP contribution in [-0.2, 0) is 11.3 Å². The fourth-order valence-electron chi connectivity index (χ4n) is 2.26. The molecule has 0 aromatic heterocycles.